The van der Waals surface area contributed by atoms with E-state index in [-0.39, 0.29) is 4.32 Å². The van der Waals surface area contributed by atoms with Gasteiger partial charge < -0.3 is 0 Å². The summed E-state index contributed by atoms with van der Waals surface area (Å²) in [5, 5.41) is 0. The molecule has 0 N–H and O–H groups in total. The molecule has 0 bridgehead atoms. The van der Waals surface area contributed by atoms with Crippen molar-refractivity contribution < 1.29 is 0 Å². The molecule has 0 amide bonds. The molecule has 0 saturated carbocycles. The minimum Gasteiger partial charge on any atom is -0.0807 e. The smallest absolute Gasteiger partial charge is 0.0452 e. The molecule has 0 radical (unpaired) electrons. The van der Waals surface area contributed by atoms with Gasteiger partial charge in [-0.1, -0.05) is 82.7 Å². The lowest BCUT2D eigenvalue weighted by Gasteiger charge is -2.20. The molecule has 0 aromatic heterocycles. The third kappa shape index (κ3) is 4.07. The van der Waals surface area contributed by atoms with E-state index in [1.165, 1.54) is 16.7 Å². The first-order chi connectivity index (χ1) is 9.07. The molecule has 0 aliphatic rings. The van der Waals surface area contributed by atoms with E-state index < -0.39 is 0 Å². The Balaban J connectivity index is 2.14. The van der Waals surface area contributed by atoms with Crippen molar-refractivity contribution in [1.82, 2.24) is 0 Å². The maximum Gasteiger partial charge on any atom is 0.0452 e. The predicted octanol–water partition coefficient (Wildman–Crippen LogP) is 5.57. The molecular weight excluding hydrogens is 296 g/mol. The van der Waals surface area contributed by atoms with Crippen LogP contribution in [0.4, 0.5) is 0 Å². The van der Waals surface area contributed by atoms with Crippen molar-refractivity contribution in [2.24, 2.45) is 0 Å². The van der Waals surface area contributed by atoms with E-state index >= 15 is 0 Å². The van der Waals surface area contributed by atoms with E-state index in [1.54, 1.807) is 0 Å². The lowest BCUT2D eigenvalue weighted by Crippen LogP contribution is -2.09. The number of alkyl halides is 1. The predicted molar refractivity (Wildman–Crippen MR) is 87.6 cm³/mol. The first-order valence-electron chi connectivity index (χ1n) is 6.56. The molecule has 0 heterocycles. The third-order valence-electron chi connectivity index (χ3n) is 3.11. The van der Waals surface area contributed by atoms with Gasteiger partial charge in [0.2, 0.25) is 0 Å². The van der Waals surface area contributed by atoms with Gasteiger partial charge in [-0.25, -0.2) is 0 Å². The number of allylic oxidation sites excluding steroid dienone is 1. The van der Waals surface area contributed by atoms with Crippen molar-refractivity contribution in [1.29, 1.82) is 0 Å². The van der Waals surface area contributed by atoms with Gasteiger partial charge in [-0.05, 0) is 37.0 Å². The van der Waals surface area contributed by atoms with Crippen LogP contribution >= 0.6 is 15.9 Å². The highest BCUT2D eigenvalue weighted by molar-refractivity contribution is 9.09. The largest absolute Gasteiger partial charge is 0.0807 e. The second-order valence-corrected chi connectivity index (χ2v) is 7.13. The molecule has 1 heteroatoms. The molecule has 98 valence electrons. The van der Waals surface area contributed by atoms with E-state index in [0.717, 1.165) is 6.42 Å². The van der Waals surface area contributed by atoms with Crippen molar-refractivity contribution in [3.05, 3.63) is 77.4 Å². The van der Waals surface area contributed by atoms with Gasteiger partial charge in [-0.15, -0.1) is 0 Å². The van der Waals surface area contributed by atoms with Gasteiger partial charge in [0, 0.05) is 4.32 Å². The van der Waals surface area contributed by atoms with Crippen LogP contribution in [-0.2, 0) is 10.7 Å². The second-order valence-electron chi connectivity index (χ2n) is 5.15. The first kappa shape index (κ1) is 14.1. The molecule has 0 aliphatic heterocycles. The van der Waals surface area contributed by atoms with E-state index in [9.17, 15) is 0 Å². The maximum atomic E-state index is 3.75. The summed E-state index contributed by atoms with van der Waals surface area (Å²) in [6.45, 7) is 4.37. The van der Waals surface area contributed by atoms with Gasteiger partial charge in [-0.3, -0.25) is 0 Å². The average Bonchev–Trinajstić information content (AvgIpc) is 2.39. The highest BCUT2D eigenvalue weighted by Gasteiger charge is 2.18. The molecule has 0 unspecified atom stereocenters. The fraction of sp³-hybridized carbons (Fsp3) is 0.222. The quantitative estimate of drug-likeness (QED) is 0.647. The zero-order valence-electron chi connectivity index (χ0n) is 11.4. The Bertz CT molecular complexity index is 547. The molecule has 2 rings (SSSR count). The van der Waals surface area contributed by atoms with Crippen LogP contribution in [0.25, 0.3) is 6.08 Å². The molecule has 0 fully saturated rings. The van der Waals surface area contributed by atoms with Crippen molar-refractivity contribution in [2.45, 2.75) is 24.6 Å². The highest BCUT2D eigenvalue weighted by Crippen LogP contribution is 2.32. The monoisotopic (exact) mass is 314 g/mol. The molecular formula is C18H19Br. The molecule has 0 saturated heterocycles. The topological polar surface area (TPSA) is 0 Å². The van der Waals surface area contributed by atoms with E-state index in [0.29, 0.717) is 0 Å². The van der Waals surface area contributed by atoms with Gasteiger partial charge >= 0.3 is 0 Å². The van der Waals surface area contributed by atoms with Crippen molar-refractivity contribution in [3.63, 3.8) is 0 Å². The SMILES string of the molecule is CC(C)(Br)c1ccccc1CC=Cc1ccccc1. The summed E-state index contributed by atoms with van der Waals surface area (Å²) in [5.74, 6) is 0. The third-order valence-corrected chi connectivity index (χ3v) is 3.53. The number of halogens is 1. The van der Waals surface area contributed by atoms with Crippen LogP contribution < -0.4 is 0 Å². The van der Waals surface area contributed by atoms with Crippen LogP contribution in [0, 0.1) is 0 Å². The molecule has 19 heavy (non-hydrogen) atoms. The Morgan fingerprint density at radius 1 is 0.947 bits per heavy atom. The van der Waals surface area contributed by atoms with E-state index in [2.05, 4.69) is 90.5 Å². The van der Waals surface area contributed by atoms with E-state index in [1.807, 2.05) is 6.07 Å². The number of hydrogen-bond donors (Lipinski definition) is 0. The molecule has 2 aromatic rings. The van der Waals surface area contributed by atoms with Gasteiger partial charge in [-0.2, -0.15) is 0 Å². The Morgan fingerprint density at radius 3 is 2.26 bits per heavy atom. The Morgan fingerprint density at radius 2 is 1.58 bits per heavy atom. The minimum atomic E-state index is 0.0180. The van der Waals surface area contributed by atoms with Crippen LogP contribution in [-0.4, -0.2) is 0 Å². The fourth-order valence-electron chi connectivity index (χ4n) is 2.16. The average molecular weight is 315 g/mol. The van der Waals surface area contributed by atoms with Gasteiger partial charge in [0.25, 0.3) is 0 Å². The minimum absolute atomic E-state index is 0.0180. The Hall–Kier alpha value is -1.34. The standard InChI is InChI=1S/C18H19Br/c1-18(2,19)17-14-7-6-12-16(17)13-8-11-15-9-4-3-5-10-15/h3-12,14H,13H2,1-2H3. The summed E-state index contributed by atoms with van der Waals surface area (Å²) in [5.41, 5.74) is 3.97. The molecule has 2 aromatic carbocycles. The number of rotatable bonds is 4. The first-order valence-corrected chi connectivity index (χ1v) is 7.35. The molecule has 0 spiro atoms. The second kappa shape index (κ2) is 6.21. The summed E-state index contributed by atoms with van der Waals surface area (Å²) in [6, 6.07) is 19.0. The van der Waals surface area contributed by atoms with Crippen LogP contribution in [0.5, 0.6) is 0 Å². The lowest BCUT2D eigenvalue weighted by molar-refractivity contribution is 0.790. The van der Waals surface area contributed by atoms with Crippen molar-refractivity contribution in [3.8, 4) is 0 Å². The Labute approximate surface area is 124 Å². The lowest BCUT2D eigenvalue weighted by atomic mass is 9.95. The van der Waals surface area contributed by atoms with Gasteiger partial charge in [0.05, 0.1) is 0 Å². The zero-order valence-corrected chi connectivity index (χ0v) is 13.0. The summed E-state index contributed by atoms with van der Waals surface area (Å²) >= 11 is 3.75. The van der Waals surface area contributed by atoms with E-state index in [4.69, 9.17) is 0 Å². The summed E-state index contributed by atoms with van der Waals surface area (Å²) < 4.78 is 0.0180. The highest BCUT2D eigenvalue weighted by atomic mass is 79.9. The summed E-state index contributed by atoms with van der Waals surface area (Å²) in [6.07, 6.45) is 5.37. The van der Waals surface area contributed by atoms with Crippen LogP contribution in [0.2, 0.25) is 0 Å². The van der Waals surface area contributed by atoms with Gasteiger partial charge in [0.1, 0.15) is 0 Å². The number of benzene rings is 2. The summed E-state index contributed by atoms with van der Waals surface area (Å²) in [4.78, 5) is 0. The van der Waals surface area contributed by atoms with Crippen molar-refractivity contribution in [2.75, 3.05) is 0 Å². The zero-order chi connectivity index (χ0) is 13.7. The van der Waals surface area contributed by atoms with Crippen molar-refractivity contribution >= 4 is 22.0 Å². The normalized spacial score (nSPS) is 11.9. The Kier molecular flexibility index (Phi) is 4.60. The number of hydrogen-bond acceptors (Lipinski definition) is 0. The van der Waals surface area contributed by atoms with Crippen LogP contribution in [0.3, 0.4) is 0 Å². The van der Waals surface area contributed by atoms with Crippen LogP contribution in [0.15, 0.2) is 60.7 Å². The maximum absolute atomic E-state index is 3.75. The summed E-state index contributed by atoms with van der Waals surface area (Å²) in [7, 11) is 0. The molecule has 0 atom stereocenters. The fourth-order valence-corrected chi connectivity index (χ4v) is 2.55. The van der Waals surface area contributed by atoms with Crippen LogP contribution in [0.1, 0.15) is 30.5 Å². The molecule has 0 aliphatic carbocycles. The molecule has 0 nitrogen and oxygen atoms in total. The van der Waals surface area contributed by atoms with Gasteiger partial charge in [0.15, 0.2) is 0 Å².